The number of rotatable bonds is 38. The molecule has 1 amide bonds. The molecule has 14 heteroatoms. The molecular formula is C50H91NO13. The molecule has 0 spiro atoms. The van der Waals surface area contributed by atoms with Crippen LogP contribution in [-0.2, 0) is 23.7 Å². The van der Waals surface area contributed by atoms with E-state index in [0.29, 0.717) is 19.3 Å². The van der Waals surface area contributed by atoms with Gasteiger partial charge in [-0.15, -0.1) is 0 Å². The molecule has 9 N–H and O–H groups in total. The summed E-state index contributed by atoms with van der Waals surface area (Å²) in [6.45, 7) is 2.72. The molecule has 374 valence electrons. The first kappa shape index (κ1) is 58.3. The van der Waals surface area contributed by atoms with E-state index in [9.17, 15) is 45.6 Å². The van der Waals surface area contributed by atoms with Gasteiger partial charge < -0.3 is 65.1 Å². The molecule has 2 rings (SSSR count). The molecule has 0 aromatic heterocycles. The van der Waals surface area contributed by atoms with Crippen molar-refractivity contribution in [3.05, 3.63) is 36.5 Å². The van der Waals surface area contributed by atoms with Crippen LogP contribution in [0.5, 0.6) is 0 Å². The summed E-state index contributed by atoms with van der Waals surface area (Å²) in [6, 6.07) is -0.832. The number of aliphatic hydroxyl groups is 8. The van der Waals surface area contributed by atoms with E-state index < -0.39 is 86.8 Å². The molecule has 0 bridgehead atoms. The Morgan fingerprint density at radius 3 is 1.66 bits per heavy atom. The lowest BCUT2D eigenvalue weighted by Gasteiger charge is -2.46. The molecule has 64 heavy (non-hydrogen) atoms. The van der Waals surface area contributed by atoms with E-state index in [2.05, 4.69) is 55.6 Å². The van der Waals surface area contributed by atoms with Crippen molar-refractivity contribution >= 4 is 5.91 Å². The smallest absolute Gasteiger partial charge is 0.220 e. The highest BCUT2D eigenvalue weighted by Crippen LogP contribution is 2.30. The number of hydrogen-bond acceptors (Lipinski definition) is 13. The predicted molar refractivity (Wildman–Crippen MR) is 249 cm³/mol. The molecular weight excluding hydrogens is 823 g/mol. The second-order valence-electron chi connectivity index (χ2n) is 17.9. The Kier molecular flexibility index (Phi) is 33.9. The van der Waals surface area contributed by atoms with Crippen molar-refractivity contribution in [2.45, 2.75) is 254 Å². The van der Waals surface area contributed by atoms with Gasteiger partial charge in [0.05, 0.1) is 32.0 Å². The molecule has 0 aromatic rings. The van der Waals surface area contributed by atoms with E-state index in [-0.39, 0.29) is 12.5 Å². The number of carbonyl (C=O) groups is 1. The number of amides is 1. The van der Waals surface area contributed by atoms with E-state index in [1.165, 1.54) is 70.6 Å². The van der Waals surface area contributed by atoms with E-state index in [0.717, 1.165) is 77.0 Å². The molecule has 2 fully saturated rings. The van der Waals surface area contributed by atoms with Crippen LogP contribution in [0.3, 0.4) is 0 Å². The van der Waals surface area contributed by atoms with Crippen molar-refractivity contribution in [2.24, 2.45) is 0 Å². The quantitative estimate of drug-likeness (QED) is 0.0244. The summed E-state index contributed by atoms with van der Waals surface area (Å²) in [6.07, 6.45) is 24.3. The maximum absolute atomic E-state index is 13.2. The fourth-order valence-electron chi connectivity index (χ4n) is 8.25. The maximum Gasteiger partial charge on any atom is 0.220 e. The molecule has 2 saturated heterocycles. The van der Waals surface area contributed by atoms with E-state index in [1.807, 2.05) is 0 Å². The van der Waals surface area contributed by atoms with Crippen LogP contribution in [0.25, 0.3) is 0 Å². The Bertz CT molecular complexity index is 1220. The summed E-state index contributed by atoms with van der Waals surface area (Å²) in [7, 11) is 0. The lowest BCUT2D eigenvalue weighted by atomic mass is 9.97. The van der Waals surface area contributed by atoms with Crippen molar-refractivity contribution < 1.29 is 64.6 Å². The second-order valence-corrected chi connectivity index (χ2v) is 17.9. The van der Waals surface area contributed by atoms with Gasteiger partial charge in [0, 0.05) is 6.42 Å². The van der Waals surface area contributed by atoms with Gasteiger partial charge >= 0.3 is 0 Å². The molecule has 0 saturated carbocycles. The van der Waals surface area contributed by atoms with Crippen LogP contribution in [0.4, 0.5) is 0 Å². The Labute approximate surface area is 385 Å². The van der Waals surface area contributed by atoms with Gasteiger partial charge in [-0.25, -0.2) is 0 Å². The number of aliphatic hydroxyl groups excluding tert-OH is 8. The zero-order chi connectivity index (χ0) is 46.8. The van der Waals surface area contributed by atoms with Crippen LogP contribution in [0.2, 0.25) is 0 Å². The number of hydrogen-bond donors (Lipinski definition) is 9. The fourth-order valence-corrected chi connectivity index (χ4v) is 8.25. The summed E-state index contributed by atoms with van der Waals surface area (Å²) >= 11 is 0. The molecule has 0 aromatic carbocycles. The predicted octanol–water partition coefficient (Wildman–Crippen LogP) is 6.32. The van der Waals surface area contributed by atoms with Crippen LogP contribution in [-0.4, -0.2) is 140 Å². The normalized spacial score (nSPS) is 27.5. The number of nitrogens with one attached hydrogen (secondary N) is 1. The summed E-state index contributed by atoms with van der Waals surface area (Å²) in [5, 5.41) is 86.8. The second kappa shape index (κ2) is 37.2. The summed E-state index contributed by atoms with van der Waals surface area (Å²) in [4.78, 5) is 13.2. The van der Waals surface area contributed by atoms with Crippen molar-refractivity contribution in [1.82, 2.24) is 5.32 Å². The first-order valence-corrected chi connectivity index (χ1v) is 25.2. The van der Waals surface area contributed by atoms with Gasteiger partial charge in [-0.2, -0.15) is 0 Å². The van der Waals surface area contributed by atoms with Crippen LogP contribution in [0, 0.1) is 0 Å². The van der Waals surface area contributed by atoms with Crippen molar-refractivity contribution in [3.63, 3.8) is 0 Å². The zero-order valence-electron chi connectivity index (χ0n) is 39.5. The first-order chi connectivity index (χ1) is 31.1. The summed E-state index contributed by atoms with van der Waals surface area (Å²) < 4.78 is 22.7. The summed E-state index contributed by atoms with van der Waals surface area (Å²) in [5.41, 5.74) is 0. The average Bonchev–Trinajstić information content (AvgIpc) is 3.29. The maximum atomic E-state index is 13.2. The average molecular weight is 914 g/mol. The Balaban J connectivity index is 1.84. The number of carbonyl (C=O) groups excluding carboxylic acids is 1. The summed E-state index contributed by atoms with van der Waals surface area (Å²) in [5.74, 6) is -0.219. The highest BCUT2D eigenvalue weighted by atomic mass is 16.7. The molecule has 0 aliphatic carbocycles. The number of allylic oxidation sites excluding steroid dienone is 6. The van der Waals surface area contributed by atoms with E-state index in [1.54, 1.807) is 0 Å². The van der Waals surface area contributed by atoms with Crippen molar-refractivity contribution in [1.29, 1.82) is 0 Å². The SMILES string of the molecule is CC/C=C\C/C=C\C/C=C\CCCCCCCCCC(=O)NC(COC1OC(CO)C(OC2OC(CO)C(O)C(O)C2O)C(O)C1O)C(O)CCCCCCCCCCCCCCC. The van der Waals surface area contributed by atoms with Crippen molar-refractivity contribution in [2.75, 3.05) is 19.8 Å². The van der Waals surface area contributed by atoms with Crippen LogP contribution < -0.4 is 5.32 Å². The zero-order valence-corrected chi connectivity index (χ0v) is 39.5. The highest BCUT2D eigenvalue weighted by molar-refractivity contribution is 5.76. The minimum absolute atomic E-state index is 0.219. The van der Waals surface area contributed by atoms with Gasteiger partial charge in [-0.05, 0) is 44.9 Å². The minimum Gasteiger partial charge on any atom is -0.394 e. The monoisotopic (exact) mass is 914 g/mol. The van der Waals surface area contributed by atoms with E-state index >= 15 is 0 Å². The third kappa shape index (κ3) is 24.3. The molecule has 2 aliphatic heterocycles. The topological polar surface area (TPSA) is 228 Å². The van der Waals surface area contributed by atoms with Gasteiger partial charge in [0.2, 0.25) is 5.91 Å². The van der Waals surface area contributed by atoms with Gasteiger partial charge in [0.15, 0.2) is 12.6 Å². The Morgan fingerprint density at radius 2 is 1.08 bits per heavy atom. The number of unbranched alkanes of at least 4 members (excludes halogenated alkanes) is 19. The van der Waals surface area contributed by atoms with Gasteiger partial charge in [-0.1, -0.05) is 166 Å². The van der Waals surface area contributed by atoms with Gasteiger partial charge in [0.1, 0.15) is 48.8 Å². The minimum atomic E-state index is -1.78. The lowest BCUT2D eigenvalue weighted by Crippen LogP contribution is -2.65. The molecule has 2 aliphatic rings. The van der Waals surface area contributed by atoms with Crippen LogP contribution in [0.1, 0.15) is 181 Å². The molecule has 12 unspecified atom stereocenters. The highest BCUT2D eigenvalue weighted by Gasteiger charge is 2.51. The molecule has 12 atom stereocenters. The van der Waals surface area contributed by atoms with E-state index in [4.69, 9.17) is 18.9 Å². The molecule has 0 radical (unpaired) electrons. The first-order valence-electron chi connectivity index (χ1n) is 25.2. The molecule has 14 nitrogen and oxygen atoms in total. The number of ether oxygens (including phenoxy) is 4. The largest absolute Gasteiger partial charge is 0.394 e. The third-order valence-corrected chi connectivity index (χ3v) is 12.4. The van der Waals surface area contributed by atoms with Crippen LogP contribution >= 0.6 is 0 Å². The molecule has 2 heterocycles. The van der Waals surface area contributed by atoms with Gasteiger partial charge in [0.25, 0.3) is 0 Å². The van der Waals surface area contributed by atoms with Crippen LogP contribution in [0.15, 0.2) is 36.5 Å². The Hall–Kier alpha value is -1.79. The standard InChI is InChI=1S/C50H91NO13/c1-3-5-7-9-11-13-15-17-18-19-20-22-24-26-28-30-32-34-42(55)51-38(39(54)33-31-29-27-25-23-21-16-14-12-10-8-6-4-2)37-61-49-47(60)45(58)48(41(36-53)63-49)64-50-46(59)44(57)43(56)40(35-52)62-50/h5,7,11,13,17-18,38-41,43-50,52-54,56-60H,3-4,6,8-10,12,14-16,19-37H2,1-2H3,(H,51,55)/b7-5-,13-11-,18-17-. The van der Waals surface area contributed by atoms with Crippen molar-refractivity contribution in [3.8, 4) is 0 Å². The Morgan fingerprint density at radius 1 is 0.578 bits per heavy atom. The fraction of sp³-hybridized carbons (Fsp3) is 0.860. The lowest BCUT2D eigenvalue weighted by molar-refractivity contribution is -0.359. The van der Waals surface area contributed by atoms with Gasteiger partial charge in [-0.3, -0.25) is 4.79 Å². The third-order valence-electron chi connectivity index (χ3n) is 12.4.